The Balaban J connectivity index is 2.05. The van der Waals surface area contributed by atoms with E-state index in [1.165, 1.54) is 4.31 Å². The van der Waals surface area contributed by atoms with Crippen LogP contribution in [0.4, 0.5) is 11.4 Å². The molecule has 0 amide bonds. The van der Waals surface area contributed by atoms with Crippen molar-refractivity contribution >= 4 is 21.4 Å². The molecule has 128 valence electrons. The summed E-state index contributed by atoms with van der Waals surface area (Å²) in [5, 5.41) is 12.8. The summed E-state index contributed by atoms with van der Waals surface area (Å²) in [6.45, 7) is 0.294. The molecule has 2 atom stereocenters. The van der Waals surface area contributed by atoms with E-state index < -0.39 is 21.6 Å². The average molecular weight is 348 g/mol. The van der Waals surface area contributed by atoms with Crippen LogP contribution in [0.25, 0.3) is 0 Å². The Morgan fingerprint density at radius 3 is 2.54 bits per heavy atom. The molecule has 0 saturated heterocycles. The second kappa shape index (κ2) is 6.80. The lowest BCUT2D eigenvalue weighted by Gasteiger charge is -2.36. The first-order chi connectivity index (χ1) is 11.5. The molecule has 0 unspecified atom stereocenters. The Morgan fingerprint density at radius 1 is 1.17 bits per heavy atom. The highest BCUT2D eigenvalue weighted by atomic mass is 32.2. The third-order valence-electron chi connectivity index (χ3n) is 3.82. The molecule has 24 heavy (non-hydrogen) atoms. The zero-order valence-corrected chi connectivity index (χ0v) is 14.1. The quantitative estimate of drug-likeness (QED) is 0.862. The first-order valence-electron chi connectivity index (χ1n) is 7.71. The number of fused-ring (bicyclic) bond motifs is 1. The Hall–Kier alpha value is -2.09. The Labute approximate surface area is 141 Å². The van der Waals surface area contributed by atoms with E-state index in [1.54, 1.807) is 55.6 Å². The van der Waals surface area contributed by atoms with Gasteiger partial charge in [-0.1, -0.05) is 30.3 Å². The molecule has 0 spiro atoms. The Bertz CT molecular complexity index is 795. The van der Waals surface area contributed by atoms with Crippen LogP contribution in [0, 0.1) is 0 Å². The monoisotopic (exact) mass is 348 g/mol. The van der Waals surface area contributed by atoms with Crippen molar-refractivity contribution in [2.24, 2.45) is 0 Å². The summed E-state index contributed by atoms with van der Waals surface area (Å²) in [6, 6.07) is 15.9. The van der Waals surface area contributed by atoms with Crippen LogP contribution in [-0.2, 0) is 10.0 Å². The maximum Gasteiger partial charge on any atom is 0.278 e. The van der Waals surface area contributed by atoms with Crippen molar-refractivity contribution in [1.82, 2.24) is 5.32 Å². The van der Waals surface area contributed by atoms with E-state index >= 15 is 0 Å². The second-order valence-corrected chi connectivity index (χ2v) is 7.53. The van der Waals surface area contributed by atoms with Gasteiger partial charge in [-0.05, 0) is 31.3 Å². The van der Waals surface area contributed by atoms with Gasteiger partial charge in [-0.15, -0.1) is 0 Å². The largest absolute Gasteiger partial charge is 0.470 e. The number of aliphatic hydroxyl groups is 1. The van der Waals surface area contributed by atoms with Gasteiger partial charge in [0, 0.05) is 13.0 Å². The molecule has 1 heterocycles. The third-order valence-corrected chi connectivity index (χ3v) is 5.69. The van der Waals surface area contributed by atoms with E-state index in [9.17, 15) is 13.5 Å². The van der Waals surface area contributed by atoms with Crippen molar-refractivity contribution in [3.8, 4) is 5.75 Å². The number of nitrogens with one attached hydrogen (secondary N) is 1. The molecule has 0 aromatic heterocycles. The molecule has 2 N–H and O–H groups in total. The van der Waals surface area contributed by atoms with Crippen molar-refractivity contribution in [3.05, 3.63) is 54.6 Å². The van der Waals surface area contributed by atoms with Crippen LogP contribution < -0.4 is 14.4 Å². The van der Waals surface area contributed by atoms with Gasteiger partial charge in [-0.3, -0.25) is 0 Å². The predicted octanol–water partition coefficient (Wildman–Crippen LogP) is 1.84. The average Bonchev–Trinajstić information content (AvgIpc) is 2.56. The molecule has 1 aliphatic rings. The van der Waals surface area contributed by atoms with Gasteiger partial charge in [0.25, 0.3) is 10.0 Å². The Kier molecular flexibility index (Phi) is 4.75. The van der Waals surface area contributed by atoms with Crippen molar-refractivity contribution in [1.29, 1.82) is 0 Å². The molecule has 0 saturated carbocycles. The number of likely N-dealkylation sites (N-methyl/N-ethyl adjacent to an activating group) is 1. The molecule has 3 rings (SSSR count). The number of anilines is 2. The molecule has 7 heteroatoms. The summed E-state index contributed by atoms with van der Waals surface area (Å²) in [7, 11) is -2.12. The maximum atomic E-state index is 13.1. The van der Waals surface area contributed by atoms with E-state index in [0.29, 0.717) is 23.7 Å². The SMILES string of the molecule is CNC[C@@H](O)C[C@@H]1Oc2ccccc2N(c2ccccc2)S1(=O)=O. The number of hydrogen-bond acceptors (Lipinski definition) is 5. The molecule has 0 bridgehead atoms. The van der Waals surface area contributed by atoms with Crippen LogP contribution in [0.3, 0.4) is 0 Å². The molecular formula is C17H20N2O4S. The summed E-state index contributed by atoms with van der Waals surface area (Å²) in [4.78, 5) is 0. The normalized spacial score (nSPS) is 20.1. The van der Waals surface area contributed by atoms with E-state index in [2.05, 4.69) is 5.32 Å². The predicted molar refractivity (Wildman–Crippen MR) is 92.9 cm³/mol. The maximum absolute atomic E-state index is 13.1. The number of benzene rings is 2. The Morgan fingerprint density at radius 2 is 1.83 bits per heavy atom. The van der Waals surface area contributed by atoms with Gasteiger partial charge in [0.05, 0.1) is 17.5 Å². The van der Waals surface area contributed by atoms with Gasteiger partial charge >= 0.3 is 0 Å². The summed E-state index contributed by atoms with van der Waals surface area (Å²) >= 11 is 0. The van der Waals surface area contributed by atoms with Crippen LogP contribution in [0.1, 0.15) is 6.42 Å². The van der Waals surface area contributed by atoms with Crippen LogP contribution in [0.15, 0.2) is 54.6 Å². The van der Waals surface area contributed by atoms with Crippen molar-refractivity contribution in [2.45, 2.75) is 18.0 Å². The summed E-state index contributed by atoms with van der Waals surface area (Å²) in [6.07, 6.45) is -0.835. The molecule has 1 aliphatic heterocycles. The minimum atomic E-state index is -3.82. The first-order valence-corrected chi connectivity index (χ1v) is 9.22. The van der Waals surface area contributed by atoms with Crippen LogP contribution in [0.5, 0.6) is 5.75 Å². The topological polar surface area (TPSA) is 78.9 Å². The molecule has 0 aliphatic carbocycles. The summed E-state index contributed by atoms with van der Waals surface area (Å²) in [5.74, 6) is 0.484. The highest BCUT2D eigenvalue weighted by Crippen LogP contribution is 2.42. The zero-order valence-electron chi connectivity index (χ0n) is 13.3. The number of sulfonamides is 1. The van der Waals surface area contributed by atoms with E-state index in [1.807, 2.05) is 6.07 Å². The van der Waals surface area contributed by atoms with Gasteiger partial charge in [-0.2, -0.15) is 0 Å². The number of hydrogen-bond donors (Lipinski definition) is 2. The fourth-order valence-corrected chi connectivity index (χ4v) is 4.51. The molecule has 6 nitrogen and oxygen atoms in total. The molecule has 2 aromatic rings. The lowest BCUT2D eigenvalue weighted by atomic mass is 10.2. The van der Waals surface area contributed by atoms with Gasteiger partial charge in [0.1, 0.15) is 5.75 Å². The highest BCUT2D eigenvalue weighted by molar-refractivity contribution is 7.93. The minimum absolute atomic E-state index is 0.0131. The van der Waals surface area contributed by atoms with Gasteiger partial charge in [-0.25, -0.2) is 12.7 Å². The lowest BCUT2D eigenvalue weighted by Crippen LogP contribution is -2.45. The highest BCUT2D eigenvalue weighted by Gasteiger charge is 2.41. The number of rotatable bonds is 5. The first kappa shape index (κ1) is 16.8. The summed E-state index contributed by atoms with van der Waals surface area (Å²) in [5.41, 5.74) is -0.125. The van der Waals surface area contributed by atoms with Gasteiger partial charge in [0.2, 0.25) is 5.44 Å². The molecular weight excluding hydrogens is 328 g/mol. The standard InChI is InChI=1S/C17H20N2O4S/c1-18-12-14(20)11-17-23-16-10-6-5-9-15(16)19(24(17,21)22)13-7-3-2-4-8-13/h2-10,14,17-18,20H,11-12H2,1H3/t14-,17+/m0/s1. The smallest absolute Gasteiger partial charge is 0.278 e. The fraction of sp³-hybridized carbons (Fsp3) is 0.294. The summed E-state index contributed by atoms with van der Waals surface area (Å²) < 4.78 is 33.2. The van der Waals surface area contributed by atoms with Crippen LogP contribution in [0.2, 0.25) is 0 Å². The third kappa shape index (κ3) is 3.10. The number of ether oxygens (including phenoxy) is 1. The molecule has 0 radical (unpaired) electrons. The molecule has 0 fully saturated rings. The number of nitrogens with zero attached hydrogens (tertiary/aromatic N) is 1. The van der Waals surface area contributed by atoms with Gasteiger partial charge < -0.3 is 15.2 Å². The van der Waals surface area contributed by atoms with E-state index in [-0.39, 0.29) is 6.42 Å². The van der Waals surface area contributed by atoms with Crippen molar-refractivity contribution in [3.63, 3.8) is 0 Å². The van der Waals surface area contributed by atoms with E-state index in [4.69, 9.17) is 4.74 Å². The number of aliphatic hydroxyl groups excluding tert-OH is 1. The number of para-hydroxylation sites is 3. The fourth-order valence-electron chi connectivity index (χ4n) is 2.74. The van der Waals surface area contributed by atoms with Crippen LogP contribution in [-0.4, -0.2) is 38.7 Å². The lowest BCUT2D eigenvalue weighted by molar-refractivity contribution is 0.124. The zero-order chi connectivity index (χ0) is 17.2. The van der Waals surface area contributed by atoms with Crippen molar-refractivity contribution < 1.29 is 18.3 Å². The van der Waals surface area contributed by atoms with E-state index in [0.717, 1.165) is 0 Å². The van der Waals surface area contributed by atoms with Crippen molar-refractivity contribution in [2.75, 3.05) is 17.9 Å². The minimum Gasteiger partial charge on any atom is -0.470 e. The second-order valence-electron chi connectivity index (χ2n) is 5.61. The molecule has 2 aromatic carbocycles. The van der Waals surface area contributed by atoms with Crippen LogP contribution >= 0.6 is 0 Å². The van der Waals surface area contributed by atoms with Gasteiger partial charge in [0.15, 0.2) is 0 Å².